The Labute approximate surface area is 136 Å². The van der Waals surface area contributed by atoms with Gasteiger partial charge in [-0.25, -0.2) is 9.48 Å². The molecule has 1 aromatic carbocycles. The number of benzene rings is 1. The number of carbonyl (C=O) groups excluding carboxylic acids is 1. The minimum absolute atomic E-state index is 0.151. The van der Waals surface area contributed by atoms with E-state index in [9.17, 15) is 4.79 Å². The SMILES string of the molecule is CCCCc1c(CN)nnn1-c1cccc(C(=O)OC(C)C)c1. The van der Waals surface area contributed by atoms with Crippen molar-refractivity contribution in [3.63, 3.8) is 0 Å². The zero-order valence-corrected chi connectivity index (χ0v) is 14.0. The van der Waals surface area contributed by atoms with Crippen molar-refractivity contribution < 1.29 is 9.53 Å². The third-order valence-corrected chi connectivity index (χ3v) is 3.47. The van der Waals surface area contributed by atoms with Crippen LogP contribution in [0.2, 0.25) is 0 Å². The first kappa shape index (κ1) is 17.1. The van der Waals surface area contributed by atoms with Crippen molar-refractivity contribution in [2.24, 2.45) is 5.73 Å². The lowest BCUT2D eigenvalue weighted by molar-refractivity contribution is 0.0378. The van der Waals surface area contributed by atoms with E-state index in [2.05, 4.69) is 17.2 Å². The number of ether oxygens (including phenoxy) is 1. The molecule has 0 aliphatic heterocycles. The number of aromatic nitrogens is 3. The molecule has 2 N–H and O–H groups in total. The van der Waals surface area contributed by atoms with Gasteiger partial charge in [0.1, 0.15) is 0 Å². The average Bonchev–Trinajstić information content (AvgIpc) is 2.95. The van der Waals surface area contributed by atoms with Gasteiger partial charge in [-0.1, -0.05) is 24.6 Å². The molecular formula is C17H24N4O2. The van der Waals surface area contributed by atoms with E-state index in [1.54, 1.807) is 16.8 Å². The van der Waals surface area contributed by atoms with Crippen LogP contribution in [0.4, 0.5) is 0 Å². The van der Waals surface area contributed by atoms with E-state index in [1.807, 2.05) is 26.0 Å². The highest BCUT2D eigenvalue weighted by Gasteiger charge is 2.15. The summed E-state index contributed by atoms with van der Waals surface area (Å²) < 4.78 is 7.01. The highest BCUT2D eigenvalue weighted by molar-refractivity contribution is 5.90. The Morgan fingerprint density at radius 2 is 2.17 bits per heavy atom. The number of unbranched alkanes of at least 4 members (excludes halogenated alkanes) is 1. The lowest BCUT2D eigenvalue weighted by atomic mass is 10.1. The summed E-state index contributed by atoms with van der Waals surface area (Å²) in [6.45, 7) is 6.15. The molecule has 1 aromatic heterocycles. The topological polar surface area (TPSA) is 83.0 Å². The molecule has 0 unspecified atom stereocenters. The maximum absolute atomic E-state index is 12.1. The molecule has 6 nitrogen and oxygen atoms in total. The molecule has 23 heavy (non-hydrogen) atoms. The van der Waals surface area contributed by atoms with Crippen LogP contribution in [-0.4, -0.2) is 27.1 Å². The Kier molecular flexibility index (Phi) is 5.87. The van der Waals surface area contributed by atoms with E-state index in [1.165, 1.54) is 0 Å². The van der Waals surface area contributed by atoms with E-state index >= 15 is 0 Å². The summed E-state index contributed by atoms with van der Waals surface area (Å²) in [5.41, 5.74) is 8.86. The molecule has 0 saturated heterocycles. The zero-order valence-electron chi connectivity index (χ0n) is 14.0. The van der Waals surface area contributed by atoms with Crippen LogP contribution in [0.5, 0.6) is 0 Å². The number of hydrogen-bond donors (Lipinski definition) is 1. The van der Waals surface area contributed by atoms with Crippen molar-refractivity contribution in [2.45, 2.75) is 52.7 Å². The summed E-state index contributed by atoms with van der Waals surface area (Å²) in [4.78, 5) is 12.1. The lowest BCUT2D eigenvalue weighted by Gasteiger charge is -2.10. The molecular weight excluding hydrogens is 292 g/mol. The van der Waals surface area contributed by atoms with Crippen molar-refractivity contribution in [3.8, 4) is 5.69 Å². The minimum Gasteiger partial charge on any atom is -0.459 e. The van der Waals surface area contributed by atoms with Crippen molar-refractivity contribution in [1.29, 1.82) is 0 Å². The van der Waals surface area contributed by atoms with Crippen molar-refractivity contribution >= 4 is 5.97 Å². The quantitative estimate of drug-likeness (QED) is 0.794. The second kappa shape index (κ2) is 7.87. The zero-order chi connectivity index (χ0) is 16.8. The second-order valence-corrected chi connectivity index (χ2v) is 5.71. The monoisotopic (exact) mass is 316 g/mol. The first-order chi connectivity index (χ1) is 11.1. The first-order valence-corrected chi connectivity index (χ1v) is 8.01. The number of nitrogens with two attached hydrogens (primary N) is 1. The predicted molar refractivity (Wildman–Crippen MR) is 88.4 cm³/mol. The highest BCUT2D eigenvalue weighted by atomic mass is 16.5. The molecule has 0 bridgehead atoms. The molecule has 0 atom stereocenters. The molecule has 0 spiro atoms. The van der Waals surface area contributed by atoms with Gasteiger partial charge in [0.05, 0.1) is 28.7 Å². The fourth-order valence-electron chi connectivity index (χ4n) is 2.34. The maximum atomic E-state index is 12.1. The molecule has 0 saturated carbocycles. The summed E-state index contributed by atoms with van der Waals surface area (Å²) in [7, 11) is 0. The van der Waals surface area contributed by atoms with Crippen LogP contribution in [0.15, 0.2) is 24.3 Å². The van der Waals surface area contributed by atoms with Gasteiger partial charge >= 0.3 is 5.97 Å². The van der Waals surface area contributed by atoms with Crippen LogP contribution in [0.25, 0.3) is 5.69 Å². The molecule has 0 aliphatic carbocycles. The Morgan fingerprint density at radius 3 is 2.83 bits per heavy atom. The van der Waals surface area contributed by atoms with Gasteiger partial charge in [-0.05, 0) is 44.9 Å². The van der Waals surface area contributed by atoms with Crippen LogP contribution in [-0.2, 0) is 17.7 Å². The average molecular weight is 316 g/mol. The molecule has 0 fully saturated rings. The molecule has 1 heterocycles. The van der Waals surface area contributed by atoms with Gasteiger partial charge in [-0.2, -0.15) is 0 Å². The van der Waals surface area contributed by atoms with Crippen molar-refractivity contribution in [2.75, 3.05) is 0 Å². The first-order valence-electron chi connectivity index (χ1n) is 8.01. The van der Waals surface area contributed by atoms with Crippen LogP contribution in [0.1, 0.15) is 55.4 Å². The van der Waals surface area contributed by atoms with Gasteiger partial charge in [-0.15, -0.1) is 5.10 Å². The van der Waals surface area contributed by atoms with Crippen LogP contribution >= 0.6 is 0 Å². The fourth-order valence-corrected chi connectivity index (χ4v) is 2.34. The van der Waals surface area contributed by atoms with E-state index in [0.717, 1.165) is 36.3 Å². The van der Waals surface area contributed by atoms with Gasteiger partial charge in [0.15, 0.2) is 0 Å². The number of hydrogen-bond acceptors (Lipinski definition) is 5. The number of esters is 1. The largest absolute Gasteiger partial charge is 0.459 e. The van der Waals surface area contributed by atoms with Crippen molar-refractivity contribution in [1.82, 2.24) is 15.0 Å². The van der Waals surface area contributed by atoms with Gasteiger partial charge < -0.3 is 10.5 Å². The molecule has 0 aliphatic rings. The number of carbonyl (C=O) groups is 1. The molecule has 124 valence electrons. The minimum atomic E-state index is -0.337. The number of nitrogens with zero attached hydrogens (tertiary/aromatic N) is 3. The van der Waals surface area contributed by atoms with Crippen LogP contribution in [0.3, 0.4) is 0 Å². The standard InChI is InChI=1S/C17H24N4O2/c1-4-5-9-16-15(11-18)19-20-21(16)14-8-6-7-13(10-14)17(22)23-12(2)3/h6-8,10,12H,4-5,9,11,18H2,1-3H3. The number of rotatable bonds is 7. The third-order valence-electron chi connectivity index (χ3n) is 3.47. The molecule has 0 radical (unpaired) electrons. The van der Waals surface area contributed by atoms with E-state index in [0.29, 0.717) is 12.1 Å². The van der Waals surface area contributed by atoms with Gasteiger partial charge in [-0.3, -0.25) is 0 Å². The normalized spacial score (nSPS) is 11.0. The Balaban J connectivity index is 2.35. The summed E-state index contributed by atoms with van der Waals surface area (Å²) >= 11 is 0. The van der Waals surface area contributed by atoms with Crippen LogP contribution in [0, 0.1) is 0 Å². The molecule has 2 rings (SSSR count). The smallest absolute Gasteiger partial charge is 0.338 e. The lowest BCUT2D eigenvalue weighted by Crippen LogP contribution is -2.12. The summed E-state index contributed by atoms with van der Waals surface area (Å²) in [5.74, 6) is -0.337. The Morgan fingerprint density at radius 1 is 1.39 bits per heavy atom. The molecule has 2 aromatic rings. The van der Waals surface area contributed by atoms with Gasteiger partial charge in [0.2, 0.25) is 0 Å². The highest BCUT2D eigenvalue weighted by Crippen LogP contribution is 2.17. The Hall–Kier alpha value is -2.21. The van der Waals surface area contributed by atoms with E-state index in [-0.39, 0.29) is 12.1 Å². The summed E-state index contributed by atoms with van der Waals surface area (Å²) in [6, 6.07) is 7.23. The maximum Gasteiger partial charge on any atom is 0.338 e. The van der Waals surface area contributed by atoms with Gasteiger partial charge in [0, 0.05) is 6.54 Å². The second-order valence-electron chi connectivity index (χ2n) is 5.71. The third kappa shape index (κ3) is 4.16. The summed E-state index contributed by atoms with van der Waals surface area (Å²) in [6.07, 6.45) is 2.82. The molecule has 0 amide bonds. The summed E-state index contributed by atoms with van der Waals surface area (Å²) in [5, 5.41) is 8.36. The predicted octanol–water partition coefficient (Wildman–Crippen LogP) is 2.63. The van der Waals surface area contributed by atoms with Crippen molar-refractivity contribution in [3.05, 3.63) is 41.2 Å². The molecule has 6 heteroatoms. The van der Waals surface area contributed by atoms with Gasteiger partial charge in [0.25, 0.3) is 0 Å². The Bertz CT molecular complexity index is 664. The van der Waals surface area contributed by atoms with E-state index < -0.39 is 0 Å². The van der Waals surface area contributed by atoms with E-state index in [4.69, 9.17) is 10.5 Å². The van der Waals surface area contributed by atoms with Crippen LogP contribution < -0.4 is 5.73 Å². The fraction of sp³-hybridized carbons (Fsp3) is 0.471.